The monoisotopic (exact) mass is 399 g/mol. The molecule has 1 unspecified atom stereocenters. The van der Waals surface area contributed by atoms with Gasteiger partial charge in [0.1, 0.15) is 17.4 Å². The Morgan fingerprint density at radius 3 is 2.70 bits per heavy atom. The fraction of sp³-hybridized carbons (Fsp3) is 0.227. The Morgan fingerprint density at radius 1 is 1.10 bits per heavy atom. The molecule has 0 aliphatic carbocycles. The lowest BCUT2D eigenvalue weighted by molar-refractivity contribution is 0.393. The third-order valence-electron chi connectivity index (χ3n) is 5.56. The van der Waals surface area contributed by atoms with Crippen molar-refractivity contribution < 1.29 is 4.52 Å². The van der Waals surface area contributed by atoms with Gasteiger partial charge in [0.15, 0.2) is 5.65 Å². The summed E-state index contributed by atoms with van der Waals surface area (Å²) in [4.78, 5) is 14.3. The average Bonchev–Trinajstić information content (AvgIpc) is 3.33. The number of pyridine rings is 1. The Bertz CT molecular complexity index is 1400. The van der Waals surface area contributed by atoms with E-state index in [1.54, 1.807) is 6.20 Å². The highest BCUT2D eigenvalue weighted by Gasteiger charge is 2.24. The Balaban J connectivity index is 1.79. The zero-order chi connectivity index (χ0) is 21.0. The number of aryl methyl sites for hydroxylation is 3. The number of aromatic nitrogens is 6. The second-order valence-electron chi connectivity index (χ2n) is 7.59. The largest absolute Gasteiger partial charge is 0.383 e. The van der Waals surface area contributed by atoms with E-state index in [4.69, 9.17) is 15.2 Å². The van der Waals surface area contributed by atoms with E-state index in [9.17, 15) is 0 Å². The van der Waals surface area contributed by atoms with Crippen molar-refractivity contribution in [3.05, 3.63) is 58.9 Å². The topological polar surface area (TPSA) is 119 Å². The Labute approximate surface area is 172 Å². The minimum atomic E-state index is -0.166. The number of fused-ring (bicyclic) bond motifs is 2. The summed E-state index contributed by atoms with van der Waals surface area (Å²) in [6.45, 7) is 7.94. The normalized spacial score (nSPS) is 12.7. The first kappa shape index (κ1) is 18.2. The molecule has 0 fully saturated rings. The number of anilines is 1. The smallest absolute Gasteiger partial charge is 0.161 e. The van der Waals surface area contributed by atoms with Gasteiger partial charge in [-0.2, -0.15) is 5.10 Å². The molecule has 0 aliphatic rings. The summed E-state index contributed by atoms with van der Waals surface area (Å²) < 4.78 is 5.44. The molecule has 30 heavy (non-hydrogen) atoms. The standard InChI is InChI=1S/C22H21N7O/c1-10-6-5-7-14-8-15(19(25-18(10)14)17-12(3)29-30-13(17)4)11(2)21-26-20(23)16-9-24-28-22(16)27-21/h5-9,11H,1-4H3,(H3,23,24,26,27,28). The second-order valence-corrected chi connectivity index (χ2v) is 7.59. The molecule has 0 amide bonds. The number of hydrogen-bond donors (Lipinski definition) is 2. The van der Waals surface area contributed by atoms with Crippen LogP contribution >= 0.6 is 0 Å². The van der Waals surface area contributed by atoms with Crippen LogP contribution in [0, 0.1) is 20.8 Å². The van der Waals surface area contributed by atoms with Gasteiger partial charge in [-0.1, -0.05) is 30.3 Å². The van der Waals surface area contributed by atoms with Gasteiger partial charge in [0.2, 0.25) is 0 Å². The molecule has 150 valence electrons. The van der Waals surface area contributed by atoms with Gasteiger partial charge in [0.25, 0.3) is 0 Å². The number of hydrogen-bond acceptors (Lipinski definition) is 7. The summed E-state index contributed by atoms with van der Waals surface area (Å²) in [6.07, 6.45) is 1.63. The van der Waals surface area contributed by atoms with Crippen molar-refractivity contribution in [3.8, 4) is 11.3 Å². The second kappa shape index (κ2) is 6.62. The first-order valence-electron chi connectivity index (χ1n) is 9.74. The van der Waals surface area contributed by atoms with E-state index in [1.807, 2.05) is 19.9 Å². The maximum absolute atomic E-state index is 6.16. The zero-order valence-corrected chi connectivity index (χ0v) is 17.2. The fourth-order valence-corrected chi connectivity index (χ4v) is 3.92. The van der Waals surface area contributed by atoms with Crippen molar-refractivity contribution in [2.75, 3.05) is 5.73 Å². The number of aromatic amines is 1. The fourth-order valence-electron chi connectivity index (χ4n) is 3.92. The van der Waals surface area contributed by atoms with Crippen LogP contribution in [0.15, 0.2) is 35.0 Å². The van der Waals surface area contributed by atoms with Crippen LogP contribution in [0.1, 0.15) is 41.2 Å². The lowest BCUT2D eigenvalue weighted by Gasteiger charge is -2.17. The summed E-state index contributed by atoms with van der Waals surface area (Å²) in [5.41, 5.74) is 12.3. The van der Waals surface area contributed by atoms with Crippen molar-refractivity contribution in [3.63, 3.8) is 0 Å². The molecule has 0 aliphatic heterocycles. The van der Waals surface area contributed by atoms with Crippen LogP contribution in [-0.2, 0) is 0 Å². The van der Waals surface area contributed by atoms with Gasteiger partial charge in [-0.05, 0) is 38.0 Å². The Morgan fingerprint density at radius 2 is 1.93 bits per heavy atom. The number of para-hydroxylation sites is 1. The average molecular weight is 399 g/mol. The summed E-state index contributed by atoms with van der Waals surface area (Å²) in [5.74, 6) is 1.57. The predicted molar refractivity (Wildman–Crippen MR) is 115 cm³/mol. The van der Waals surface area contributed by atoms with Crippen molar-refractivity contribution >= 4 is 27.8 Å². The number of nitrogens with two attached hydrogens (primary N) is 1. The van der Waals surface area contributed by atoms with Crippen molar-refractivity contribution in [1.29, 1.82) is 0 Å². The van der Waals surface area contributed by atoms with Crippen LogP contribution in [0.25, 0.3) is 33.2 Å². The summed E-state index contributed by atoms with van der Waals surface area (Å²) in [5, 5.41) is 12.8. The van der Waals surface area contributed by atoms with E-state index < -0.39 is 0 Å². The van der Waals surface area contributed by atoms with Crippen LogP contribution in [-0.4, -0.2) is 30.3 Å². The minimum Gasteiger partial charge on any atom is -0.383 e. The molecule has 4 heterocycles. The molecular weight excluding hydrogens is 378 g/mol. The van der Waals surface area contributed by atoms with E-state index in [-0.39, 0.29) is 5.92 Å². The van der Waals surface area contributed by atoms with Crippen LogP contribution in [0.4, 0.5) is 5.82 Å². The quantitative estimate of drug-likeness (QED) is 0.466. The Hall–Kier alpha value is -3.81. The molecule has 0 saturated carbocycles. The first-order valence-corrected chi connectivity index (χ1v) is 9.74. The number of rotatable bonds is 3. The molecule has 5 aromatic rings. The Kier molecular flexibility index (Phi) is 4.02. The van der Waals surface area contributed by atoms with Gasteiger partial charge in [0.05, 0.1) is 34.1 Å². The van der Waals surface area contributed by atoms with Crippen molar-refractivity contribution in [2.45, 2.75) is 33.6 Å². The highest BCUT2D eigenvalue weighted by Crippen LogP contribution is 2.37. The molecule has 0 bridgehead atoms. The van der Waals surface area contributed by atoms with Gasteiger partial charge in [-0.3, -0.25) is 5.10 Å². The number of nitrogen functional groups attached to an aromatic ring is 1. The summed E-state index contributed by atoms with van der Waals surface area (Å²) >= 11 is 0. The van der Waals surface area contributed by atoms with Gasteiger partial charge in [-0.25, -0.2) is 15.0 Å². The molecule has 1 aromatic carbocycles. The summed E-state index contributed by atoms with van der Waals surface area (Å²) in [6, 6.07) is 8.31. The lowest BCUT2D eigenvalue weighted by atomic mass is 9.92. The van der Waals surface area contributed by atoms with Crippen LogP contribution in [0.3, 0.4) is 0 Å². The molecule has 0 radical (unpaired) electrons. The SMILES string of the molecule is Cc1noc(C)c1-c1nc2c(C)cccc2cc1C(C)c1nc(N)c2cn[nH]c2n1. The molecular formula is C22H21N7O. The van der Waals surface area contributed by atoms with Gasteiger partial charge in [-0.15, -0.1) is 0 Å². The predicted octanol–water partition coefficient (Wildman–Crippen LogP) is 4.22. The van der Waals surface area contributed by atoms with E-state index in [1.165, 1.54) is 0 Å². The van der Waals surface area contributed by atoms with Crippen LogP contribution in [0.5, 0.6) is 0 Å². The molecule has 8 heteroatoms. The van der Waals surface area contributed by atoms with E-state index in [0.717, 1.165) is 44.7 Å². The number of H-pyrrole nitrogens is 1. The molecule has 4 aromatic heterocycles. The van der Waals surface area contributed by atoms with E-state index in [0.29, 0.717) is 22.7 Å². The maximum Gasteiger partial charge on any atom is 0.161 e. The third-order valence-corrected chi connectivity index (χ3v) is 5.56. The first-order chi connectivity index (χ1) is 14.4. The van der Waals surface area contributed by atoms with Crippen LogP contribution in [0.2, 0.25) is 0 Å². The number of benzene rings is 1. The van der Waals surface area contributed by atoms with E-state index >= 15 is 0 Å². The molecule has 1 atom stereocenters. The number of nitrogens with zero attached hydrogens (tertiary/aromatic N) is 5. The molecule has 8 nitrogen and oxygen atoms in total. The molecule has 3 N–H and O–H groups in total. The van der Waals surface area contributed by atoms with Gasteiger partial charge >= 0.3 is 0 Å². The minimum absolute atomic E-state index is 0.166. The van der Waals surface area contributed by atoms with Gasteiger partial charge < -0.3 is 10.3 Å². The van der Waals surface area contributed by atoms with Crippen molar-refractivity contribution in [1.82, 2.24) is 30.3 Å². The highest BCUT2D eigenvalue weighted by atomic mass is 16.5. The molecule has 0 spiro atoms. The molecule has 0 saturated heterocycles. The zero-order valence-electron chi connectivity index (χ0n) is 17.2. The third kappa shape index (κ3) is 2.72. The van der Waals surface area contributed by atoms with E-state index in [2.05, 4.69) is 57.4 Å². The maximum atomic E-state index is 6.16. The number of nitrogens with one attached hydrogen (secondary N) is 1. The van der Waals surface area contributed by atoms with Gasteiger partial charge in [0, 0.05) is 11.3 Å². The summed E-state index contributed by atoms with van der Waals surface area (Å²) in [7, 11) is 0. The van der Waals surface area contributed by atoms with Crippen LogP contribution < -0.4 is 5.73 Å². The van der Waals surface area contributed by atoms with Crippen molar-refractivity contribution in [2.24, 2.45) is 0 Å². The molecule has 5 rings (SSSR count). The highest BCUT2D eigenvalue weighted by molar-refractivity contribution is 5.87. The lowest BCUT2D eigenvalue weighted by Crippen LogP contribution is -2.08.